The van der Waals surface area contributed by atoms with Gasteiger partial charge in [-0.1, -0.05) is 13.0 Å². The molecule has 0 aliphatic heterocycles. The molecule has 0 amide bonds. The fourth-order valence-electron chi connectivity index (χ4n) is 2.81. The summed E-state index contributed by atoms with van der Waals surface area (Å²) in [6, 6.07) is 4.78. The molecule has 1 saturated carbocycles. The summed E-state index contributed by atoms with van der Waals surface area (Å²) in [5.41, 5.74) is 4.33. The van der Waals surface area contributed by atoms with Crippen molar-refractivity contribution in [3.05, 3.63) is 28.8 Å². The molecule has 1 aliphatic carbocycles. The van der Waals surface area contributed by atoms with Gasteiger partial charge in [0.1, 0.15) is 5.75 Å². The number of hydrogen-bond acceptors (Lipinski definition) is 2. The Labute approximate surface area is 104 Å². The lowest BCUT2D eigenvalue weighted by Crippen LogP contribution is -2.26. The van der Waals surface area contributed by atoms with Gasteiger partial charge in [-0.2, -0.15) is 0 Å². The standard InChI is InChI=1S/C15H23NO/c1-10-8-11(2)13(12(9-10)17-5)14(16-4)15(3)6-7-15/h8-9,14,16H,6-7H2,1-5H3. The molecule has 0 heterocycles. The van der Waals surface area contributed by atoms with Gasteiger partial charge in [0.25, 0.3) is 0 Å². The molecule has 17 heavy (non-hydrogen) atoms. The van der Waals surface area contributed by atoms with E-state index < -0.39 is 0 Å². The summed E-state index contributed by atoms with van der Waals surface area (Å²) < 4.78 is 5.57. The number of rotatable bonds is 4. The van der Waals surface area contributed by atoms with Gasteiger partial charge in [0.15, 0.2) is 0 Å². The third kappa shape index (κ3) is 2.19. The van der Waals surface area contributed by atoms with Crippen LogP contribution in [0.25, 0.3) is 0 Å². The molecular weight excluding hydrogens is 210 g/mol. The molecular formula is C15H23NO. The highest BCUT2D eigenvalue weighted by atomic mass is 16.5. The van der Waals surface area contributed by atoms with Gasteiger partial charge in [-0.3, -0.25) is 0 Å². The Bertz CT molecular complexity index is 421. The number of ether oxygens (including phenoxy) is 1. The highest BCUT2D eigenvalue weighted by molar-refractivity contribution is 5.46. The van der Waals surface area contributed by atoms with Gasteiger partial charge in [0.2, 0.25) is 0 Å². The van der Waals surface area contributed by atoms with Crippen molar-refractivity contribution < 1.29 is 4.74 Å². The third-order valence-electron chi connectivity index (χ3n) is 4.03. The molecule has 0 aromatic heterocycles. The monoisotopic (exact) mass is 233 g/mol. The minimum atomic E-state index is 0.401. The van der Waals surface area contributed by atoms with E-state index >= 15 is 0 Å². The normalized spacial score (nSPS) is 18.9. The molecule has 94 valence electrons. The summed E-state index contributed by atoms with van der Waals surface area (Å²) in [6.07, 6.45) is 2.60. The van der Waals surface area contributed by atoms with Gasteiger partial charge < -0.3 is 10.1 Å². The number of benzene rings is 1. The summed E-state index contributed by atoms with van der Waals surface area (Å²) in [4.78, 5) is 0. The quantitative estimate of drug-likeness (QED) is 0.861. The Morgan fingerprint density at radius 3 is 2.41 bits per heavy atom. The van der Waals surface area contributed by atoms with Crippen molar-refractivity contribution in [2.75, 3.05) is 14.2 Å². The second-order valence-electron chi connectivity index (χ2n) is 5.57. The van der Waals surface area contributed by atoms with Crippen molar-refractivity contribution in [2.45, 2.75) is 39.7 Å². The van der Waals surface area contributed by atoms with Crippen molar-refractivity contribution in [3.63, 3.8) is 0 Å². The van der Waals surface area contributed by atoms with E-state index in [-0.39, 0.29) is 0 Å². The Kier molecular flexibility index (Phi) is 3.17. The van der Waals surface area contributed by atoms with Crippen LogP contribution in [0, 0.1) is 19.3 Å². The van der Waals surface area contributed by atoms with Crippen LogP contribution in [0.1, 0.15) is 42.5 Å². The molecule has 1 atom stereocenters. The van der Waals surface area contributed by atoms with E-state index in [2.05, 4.69) is 38.2 Å². The maximum Gasteiger partial charge on any atom is 0.124 e. The molecule has 0 saturated heterocycles. The van der Waals surface area contributed by atoms with Gasteiger partial charge >= 0.3 is 0 Å². The van der Waals surface area contributed by atoms with Crippen molar-refractivity contribution in [2.24, 2.45) is 5.41 Å². The van der Waals surface area contributed by atoms with Crippen LogP contribution >= 0.6 is 0 Å². The van der Waals surface area contributed by atoms with Crippen LogP contribution in [0.15, 0.2) is 12.1 Å². The van der Waals surface area contributed by atoms with E-state index in [1.807, 2.05) is 7.05 Å². The van der Waals surface area contributed by atoms with Crippen LogP contribution in [-0.2, 0) is 0 Å². The van der Waals surface area contributed by atoms with Crippen molar-refractivity contribution in [1.29, 1.82) is 0 Å². The predicted molar refractivity (Wildman–Crippen MR) is 71.6 cm³/mol. The second kappa shape index (κ2) is 4.34. The summed E-state index contributed by atoms with van der Waals surface area (Å²) >= 11 is 0. The van der Waals surface area contributed by atoms with Crippen molar-refractivity contribution >= 4 is 0 Å². The molecule has 2 rings (SSSR count). The number of methoxy groups -OCH3 is 1. The Hall–Kier alpha value is -1.02. The lowest BCUT2D eigenvalue weighted by Gasteiger charge is -2.27. The highest BCUT2D eigenvalue weighted by Gasteiger charge is 2.46. The maximum atomic E-state index is 5.57. The zero-order valence-corrected chi connectivity index (χ0v) is 11.6. The van der Waals surface area contributed by atoms with E-state index in [1.165, 1.54) is 29.5 Å². The first kappa shape index (κ1) is 12.4. The SMILES string of the molecule is CNC(c1c(C)cc(C)cc1OC)C1(C)CC1. The number of hydrogen-bond donors (Lipinski definition) is 1. The predicted octanol–water partition coefficient (Wildman–Crippen LogP) is 3.37. The van der Waals surface area contributed by atoms with Crippen LogP contribution in [0.3, 0.4) is 0 Å². The molecule has 1 unspecified atom stereocenters. The molecule has 1 aliphatic rings. The van der Waals surface area contributed by atoms with E-state index in [1.54, 1.807) is 7.11 Å². The molecule has 0 bridgehead atoms. The minimum Gasteiger partial charge on any atom is -0.496 e. The minimum absolute atomic E-state index is 0.401. The van der Waals surface area contributed by atoms with Crippen LogP contribution < -0.4 is 10.1 Å². The Morgan fingerprint density at radius 2 is 1.94 bits per heavy atom. The number of nitrogens with one attached hydrogen (secondary N) is 1. The fraction of sp³-hybridized carbons (Fsp3) is 0.600. The van der Waals surface area contributed by atoms with Gasteiger partial charge in [-0.15, -0.1) is 0 Å². The van der Waals surface area contributed by atoms with Crippen molar-refractivity contribution in [3.8, 4) is 5.75 Å². The van der Waals surface area contributed by atoms with Gasteiger partial charge in [-0.25, -0.2) is 0 Å². The van der Waals surface area contributed by atoms with Crippen LogP contribution in [-0.4, -0.2) is 14.2 Å². The topological polar surface area (TPSA) is 21.3 Å². The van der Waals surface area contributed by atoms with Gasteiger partial charge in [0.05, 0.1) is 7.11 Å². The summed E-state index contributed by atoms with van der Waals surface area (Å²) in [5.74, 6) is 1.02. The van der Waals surface area contributed by atoms with E-state index in [0.29, 0.717) is 11.5 Å². The molecule has 1 aromatic rings. The Morgan fingerprint density at radius 1 is 1.29 bits per heavy atom. The molecule has 0 spiro atoms. The molecule has 1 aromatic carbocycles. The maximum absolute atomic E-state index is 5.57. The fourth-order valence-corrected chi connectivity index (χ4v) is 2.81. The molecule has 2 nitrogen and oxygen atoms in total. The zero-order valence-electron chi connectivity index (χ0n) is 11.6. The van der Waals surface area contributed by atoms with E-state index in [9.17, 15) is 0 Å². The van der Waals surface area contributed by atoms with Crippen LogP contribution in [0.5, 0.6) is 5.75 Å². The average molecular weight is 233 g/mol. The largest absolute Gasteiger partial charge is 0.496 e. The van der Waals surface area contributed by atoms with E-state index in [4.69, 9.17) is 4.74 Å². The first-order chi connectivity index (χ1) is 8.01. The summed E-state index contributed by atoms with van der Waals surface area (Å²) in [6.45, 7) is 6.65. The van der Waals surface area contributed by atoms with E-state index in [0.717, 1.165) is 5.75 Å². The lowest BCUT2D eigenvalue weighted by atomic mass is 9.87. The molecule has 0 radical (unpaired) electrons. The van der Waals surface area contributed by atoms with Crippen molar-refractivity contribution in [1.82, 2.24) is 5.32 Å². The first-order valence-corrected chi connectivity index (χ1v) is 6.34. The molecule has 1 fully saturated rings. The zero-order chi connectivity index (χ0) is 12.6. The number of aryl methyl sites for hydroxylation is 2. The van der Waals surface area contributed by atoms with Crippen LogP contribution in [0.4, 0.5) is 0 Å². The second-order valence-corrected chi connectivity index (χ2v) is 5.57. The van der Waals surface area contributed by atoms with Crippen LogP contribution in [0.2, 0.25) is 0 Å². The summed E-state index contributed by atoms with van der Waals surface area (Å²) in [5, 5.41) is 3.48. The Balaban J connectivity index is 2.49. The molecule has 1 N–H and O–H groups in total. The van der Waals surface area contributed by atoms with Gasteiger partial charge in [0, 0.05) is 11.6 Å². The lowest BCUT2D eigenvalue weighted by molar-refractivity contribution is 0.356. The molecule has 2 heteroatoms. The summed E-state index contributed by atoms with van der Waals surface area (Å²) in [7, 11) is 3.81. The first-order valence-electron chi connectivity index (χ1n) is 6.34. The van der Waals surface area contributed by atoms with Gasteiger partial charge in [-0.05, 0) is 56.3 Å². The highest BCUT2D eigenvalue weighted by Crippen LogP contribution is 2.56. The smallest absolute Gasteiger partial charge is 0.124 e. The average Bonchev–Trinajstić information content (AvgIpc) is 3.00. The third-order valence-corrected chi connectivity index (χ3v) is 4.03.